The van der Waals surface area contributed by atoms with Crippen LogP contribution in [-0.2, 0) is 16.1 Å². The maximum absolute atomic E-state index is 13.0. The number of rotatable bonds is 5. The molecule has 3 amide bonds. The standard InChI is InChI=1S/C20H19FN4O3/c1-22-19(27)15-4-2-3-5-16(15)23-20(28)17-10-11-18(26)25(24-17)12-13-6-8-14(21)9-7-13/h2-9H,10-12H2,1H3,(H,22,27)(H,23,28). The Hall–Kier alpha value is -3.55. The Bertz CT molecular complexity index is 941. The Balaban J connectivity index is 1.77. The molecular formula is C20H19FN4O3. The number of benzene rings is 2. The van der Waals surface area contributed by atoms with Gasteiger partial charge in [0.25, 0.3) is 11.8 Å². The zero-order valence-electron chi connectivity index (χ0n) is 15.2. The highest BCUT2D eigenvalue weighted by molar-refractivity contribution is 6.43. The van der Waals surface area contributed by atoms with Gasteiger partial charge in [-0.25, -0.2) is 9.40 Å². The van der Waals surface area contributed by atoms with Gasteiger partial charge in [-0.2, -0.15) is 5.10 Å². The number of carbonyl (C=O) groups is 3. The molecule has 2 aromatic carbocycles. The van der Waals surface area contributed by atoms with Gasteiger partial charge in [-0.1, -0.05) is 24.3 Å². The molecule has 1 aliphatic rings. The summed E-state index contributed by atoms with van der Waals surface area (Å²) < 4.78 is 13.0. The van der Waals surface area contributed by atoms with E-state index >= 15 is 0 Å². The lowest BCUT2D eigenvalue weighted by atomic mass is 10.1. The molecule has 0 bridgehead atoms. The zero-order chi connectivity index (χ0) is 20.1. The van der Waals surface area contributed by atoms with Crippen LogP contribution in [0.4, 0.5) is 10.1 Å². The molecule has 7 nitrogen and oxygen atoms in total. The van der Waals surface area contributed by atoms with Crippen molar-refractivity contribution in [2.24, 2.45) is 5.10 Å². The third-order valence-electron chi connectivity index (χ3n) is 4.26. The maximum Gasteiger partial charge on any atom is 0.271 e. The van der Waals surface area contributed by atoms with Crippen LogP contribution in [0, 0.1) is 5.82 Å². The second-order valence-corrected chi connectivity index (χ2v) is 6.20. The quantitative estimate of drug-likeness (QED) is 0.831. The first-order valence-electron chi connectivity index (χ1n) is 8.72. The van der Waals surface area contributed by atoms with Crippen molar-refractivity contribution >= 4 is 29.1 Å². The minimum Gasteiger partial charge on any atom is -0.355 e. The number of amides is 3. The Morgan fingerprint density at radius 1 is 1.07 bits per heavy atom. The Kier molecular flexibility index (Phi) is 5.78. The van der Waals surface area contributed by atoms with Crippen LogP contribution in [0.2, 0.25) is 0 Å². The average molecular weight is 382 g/mol. The van der Waals surface area contributed by atoms with Gasteiger partial charge in [-0.05, 0) is 29.8 Å². The number of nitrogens with zero attached hydrogens (tertiary/aromatic N) is 2. The smallest absolute Gasteiger partial charge is 0.271 e. The number of halogens is 1. The van der Waals surface area contributed by atoms with E-state index in [9.17, 15) is 18.8 Å². The average Bonchev–Trinajstić information content (AvgIpc) is 2.71. The molecule has 1 heterocycles. The molecule has 0 saturated carbocycles. The minimum atomic E-state index is -0.479. The normalized spacial score (nSPS) is 13.7. The summed E-state index contributed by atoms with van der Waals surface area (Å²) in [4.78, 5) is 36.7. The molecule has 0 aromatic heterocycles. The van der Waals surface area contributed by atoms with Crippen LogP contribution in [0.5, 0.6) is 0 Å². The van der Waals surface area contributed by atoms with E-state index in [1.165, 1.54) is 24.2 Å². The third kappa shape index (κ3) is 4.40. The summed E-state index contributed by atoms with van der Waals surface area (Å²) in [6, 6.07) is 12.3. The van der Waals surface area contributed by atoms with Gasteiger partial charge in [0.15, 0.2) is 0 Å². The van der Waals surface area contributed by atoms with E-state index < -0.39 is 5.91 Å². The summed E-state index contributed by atoms with van der Waals surface area (Å²) in [7, 11) is 1.51. The van der Waals surface area contributed by atoms with Crippen molar-refractivity contribution in [1.29, 1.82) is 0 Å². The second kappa shape index (κ2) is 8.43. The van der Waals surface area contributed by atoms with Crippen LogP contribution in [0.15, 0.2) is 53.6 Å². The van der Waals surface area contributed by atoms with Crippen molar-refractivity contribution < 1.29 is 18.8 Å². The van der Waals surface area contributed by atoms with Crippen LogP contribution in [0.3, 0.4) is 0 Å². The van der Waals surface area contributed by atoms with Gasteiger partial charge in [-0.3, -0.25) is 14.4 Å². The fraction of sp³-hybridized carbons (Fsp3) is 0.200. The fourth-order valence-electron chi connectivity index (χ4n) is 2.77. The first-order chi connectivity index (χ1) is 13.5. The summed E-state index contributed by atoms with van der Waals surface area (Å²) >= 11 is 0. The Labute approximate surface area is 161 Å². The second-order valence-electron chi connectivity index (χ2n) is 6.20. The van der Waals surface area contributed by atoms with E-state index in [0.717, 1.165) is 0 Å². The van der Waals surface area contributed by atoms with Gasteiger partial charge in [0.2, 0.25) is 5.91 Å². The monoisotopic (exact) mass is 382 g/mol. The first kappa shape index (κ1) is 19.2. The van der Waals surface area contributed by atoms with E-state index in [0.29, 0.717) is 16.8 Å². The molecule has 0 saturated heterocycles. The van der Waals surface area contributed by atoms with Gasteiger partial charge < -0.3 is 10.6 Å². The summed E-state index contributed by atoms with van der Waals surface area (Å²) in [6.07, 6.45) is 0.345. The summed E-state index contributed by atoms with van der Waals surface area (Å²) in [6.45, 7) is 0.144. The minimum absolute atomic E-state index is 0.143. The summed E-state index contributed by atoms with van der Waals surface area (Å²) in [5.41, 5.74) is 1.57. The molecule has 2 aromatic rings. The predicted molar refractivity (Wildman–Crippen MR) is 102 cm³/mol. The molecule has 144 valence electrons. The Morgan fingerprint density at radius 2 is 1.79 bits per heavy atom. The van der Waals surface area contributed by atoms with Crippen molar-refractivity contribution in [3.05, 3.63) is 65.5 Å². The molecule has 0 fully saturated rings. The molecule has 0 spiro atoms. The van der Waals surface area contributed by atoms with Gasteiger partial charge in [0.05, 0.1) is 17.8 Å². The molecule has 2 N–H and O–H groups in total. The molecule has 0 unspecified atom stereocenters. The van der Waals surface area contributed by atoms with Gasteiger partial charge in [-0.15, -0.1) is 0 Å². The number of hydrogen-bond donors (Lipinski definition) is 2. The lowest BCUT2D eigenvalue weighted by molar-refractivity contribution is -0.132. The van der Waals surface area contributed by atoms with Crippen LogP contribution in [-0.4, -0.2) is 35.5 Å². The topological polar surface area (TPSA) is 90.9 Å². The number of nitrogens with one attached hydrogen (secondary N) is 2. The highest BCUT2D eigenvalue weighted by atomic mass is 19.1. The van der Waals surface area contributed by atoms with Crippen molar-refractivity contribution in [1.82, 2.24) is 10.3 Å². The molecule has 0 aliphatic carbocycles. The molecular weight excluding hydrogens is 363 g/mol. The number of para-hydroxylation sites is 1. The fourth-order valence-corrected chi connectivity index (χ4v) is 2.77. The Morgan fingerprint density at radius 3 is 2.50 bits per heavy atom. The summed E-state index contributed by atoms with van der Waals surface area (Å²) in [5.74, 6) is -1.39. The largest absolute Gasteiger partial charge is 0.355 e. The maximum atomic E-state index is 13.0. The molecule has 0 atom stereocenters. The molecule has 3 rings (SSSR count). The first-order valence-corrected chi connectivity index (χ1v) is 8.72. The van der Waals surface area contributed by atoms with Crippen molar-refractivity contribution in [2.45, 2.75) is 19.4 Å². The highest BCUT2D eigenvalue weighted by Gasteiger charge is 2.25. The molecule has 28 heavy (non-hydrogen) atoms. The van der Waals surface area contributed by atoms with E-state index in [4.69, 9.17) is 0 Å². The van der Waals surface area contributed by atoms with Crippen molar-refractivity contribution in [3.63, 3.8) is 0 Å². The summed E-state index contributed by atoms with van der Waals surface area (Å²) in [5, 5.41) is 10.6. The number of carbonyl (C=O) groups excluding carboxylic acids is 3. The molecule has 1 aliphatic heterocycles. The van der Waals surface area contributed by atoms with Crippen LogP contribution in [0.25, 0.3) is 0 Å². The van der Waals surface area contributed by atoms with E-state index in [2.05, 4.69) is 15.7 Å². The van der Waals surface area contributed by atoms with Crippen molar-refractivity contribution in [2.75, 3.05) is 12.4 Å². The molecule has 0 radical (unpaired) electrons. The lowest BCUT2D eigenvalue weighted by Gasteiger charge is -2.23. The number of hydrazone groups is 1. The van der Waals surface area contributed by atoms with Gasteiger partial charge >= 0.3 is 0 Å². The van der Waals surface area contributed by atoms with E-state index in [1.54, 1.807) is 36.4 Å². The number of anilines is 1. The van der Waals surface area contributed by atoms with Gasteiger partial charge in [0, 0.05) is 19.9 Å². The lowest BCUT2D eigenvalue weighted by Crippen LogP contribution is -2.36. The van der Waals surface area contributed by atoms with E-state index in [1.807, 2.05) is 0 Å². The van der Waals surface area contributed by atoms with Crippen LogP contribution >= 0.6 is 0 Å². The predicted octanol–water partition coefficient (Wildman–Crippen LogP) is 2.30. The highest BCUT2D eigenvalue weighted by Crippen LogP contribution is 2.18. The van der Waals surface area contributed by atoms with Crippen LogP contribution in [0.1, 0.15) is 28.8 Å². The zero-order valence-corrected chi connectivity index (χ0v) is 15.2. The SMILES string of the molecule is CNC(=O)c1ccccc1NC(=O)C1=NN(Cc2ccc(F)cc2)C(=O)CC1. The van der Waals surface area contributed by atoms with Crippen LogP contribution < -0.4 is 10.6 Å². The number of hydrogen-bond acceptors (Lipinski definition) is 4. The van der Waals surface area contributed by atoms with Crippen molar-refractivity contribution in [3.8, 4) is 0 Å². The van der Waals surface area contributed by atoms with E-state index in [-0.39, 0.29) is 42.7 Å². The molecule has 8 heteroatoms. The van der Waals surface area contributed by atoms with Gasteiger partial charge in [0.1, 0.15) is 11.5 Å². The third-order valence-corrected chi connectivity index (χ3v) is 4.26.